The molecule has 0 fully saturated rings. The second-order valence-corrected chi connectivity index (χ2v) is 5.47. The van der Waals surface area contributed by atoms with Gasteiger partial charge in [0, 0.05) is 6.54 Å². The number of benzene rings is 2. The van der Waals surface area contributed by atoms with Crippen LogP contribution in [0.5, 0.6) is 0 Å². The van der Waals surface area contributed by atoms with E-state index in [9.17, 15) is 0 Å². The third-order valence-corrected chi connectivity index (χ3v) is 3.91. The van der Waals surface area contributed by atoms with Crippen molar-refractivity contribution in [1.82, 2.24) is 14.5 Å². The summed E-state index contributed by atoms with van der Waals surface area (Å²) in [6.07, 6.45) is 1.07. The first-order chi connectivity index (χ1) is 10.9. The normalized spacial score (nSPS) is 11.3. The monoisotopic (exact) mass is 287 g/mol. The molecule has 0 saturated heterocycles. The van der Waals surface area contributed by atoms with Crippen molar-refractivity contribution >= 4 is 22.2 Å². The Bertz CT molecular complexity index is 939. The molecule has 3 heteroatoms. The molecule has 2 aromatic heterocycles. The van der Waals surface area contributed by atoms with Gasteiger partial charge in [0.1, 0.15) is 5.52 Å². The number of hydrogen-bond acceptors (Lipinski definition) is 2. The van der Waals surface area contributed by atoms with Crippen LogP contribution in [0.25, 0.3) is 33.5 Å². The molecule has 0 aliphatic heterocycles. The standard InChI is InChI=1S/C19H17N3/c1-2-12-22-18(14-8-4-3-5-9-14)13-17-19(22)21-16-11-7-6-10-15(16)20-17/h3-11,13H,2,12H2,1H3. The van der Waals surface area contributed by atoms with Gasteiger partial charge in [-0.05, 0) is 30.2 Å². The molecule has 0 saturated carbocycles. The molecule has 0 N–H and O–H groups in total. The zero-order valence-electron chi connectivity index (χ0n) is 12.5. The smallest absolute Gasteiger partial charge is 0.159 e. The molecule has 0 bridgehead atoms. The lowest BCUT2D eigenvalue weighted by atomic mass is 10.1. The molecule has 0 atom stereocenters. The number of rotatable bonds is 3. The quantitative estimate of drug-likeness (QED) is 0.548. The summed E-state index contributed by atoms with van der Waals surface area (Å²) in [6, 6.07) is 20.7. The Kier molecular flexibility index (Phi) is 3.11. The Morgan fingerprint density at radius 2 is 1.50 bits per heavy atom. The molecule has 4 rings (SSSR count). The summed E-state index contributed by atoms with van der Waals surface area (Å²) >= 11 is 0. The maximum atomic E-state index is 4.84. The van der Waals surface area contributed by atoms with Gasteiger partial charge in [-0.15, -0.1) is 0 Å². The minimum Gasteiger partial charge on any atom is -0.324 e. The molecule has 0 spiro atoms. The van der Waals surface area contributed by atoms with Gasteiger partial charge in [-0.25, -0.2) is 9.97 Å². The molecule has 0 radical (unpaired) electrons. The van der Waals surface area contributed by atoms with E-state index in [1.54, 1.807) is 0 Å². The first-order valence-corrected chi connectivity index (χ1v) is 7.68. The highest BCUT2D eigenvalue weighted by atomic mass is 15.1. The lowest BCUT2D eigenvalue weighted by Gasteiger charge is -2.09. The van der Waals surface area contributed by atoms with E-state index in [4.69, 9.17) is 9.97 Å². The van der Waals surface area contributed by atoms with Crippen LogP contribution in [0.15, 0.2) is 60.7 Å². The van der Waals surface area contributed by atoms with Crippen LogP contribution in [0.1, 0.15) is 13.3 Å². The van der Waals surface area contributed by atoms with Crippen molar-refractivity contribution in [3.8, 4) is 11.3 Å². The maximum absolute atomic E-state index is 4.84. The van der Waals surface area contributed by atoms with Crippen LogP contribution in [0.3, 0.4) is 0 Å². The van der Waals surface area contributed by atoms with Crippen molar-refractivity contribution in [1.29, 1.82) is 0 Å². The SMILES string of the molecule is CCCn1c(-c2ccccc2)cc2nc3ccccc3nc21. The molecule has 22 heavy (non-hydrogen) atoms. The van der Waals surface area contributed by atoms with Gasteiger partial charge in [-0.3, -0.25) is 0 Å². The molecule has 0 unspecified atom stereocenters. The Morgan fingerprint density at radius 1 is 0.818 bits per heavy atom. The van der Waals surface area contributed by atoms with E-state index in [-0.39, 0.29) is 0 Å². The van der Waals surface area contributed by atoms with E-state index >= 15 is 0 Å². The zero-order valence-corrected chi connectivity index (χ0v) is 12.5. The number of hydrogen-bond donors (Lipinski definition) is 0. The summed E-state index contributed by atoms with van der Waals surface area (Å²) in [6.45, 7) is 3.13. The van der Waals surface area contributed by atoms with Gasteiger partial charge in [0.05, 0.1) is 16.7 Å². The lowest BCUT2D eigenvalue weighted by Crippen LogP contribution is -2.00. The molecule has 0 amide bonds. The van der Waals surface area contributed by atoms with Crippen molar-refractivity contribution in [3.05, 3.63) is 60.7 Å². The van der Waals surface area contributed by atoms with Crippen LogP contribution in [0, 0.1) is 0 Å². The van der Waals surface area contributed by atoms with Crippen LogP contribution in [-0.4, -0.2) is 14.5 Å². The van der Waals surface area contributed by atoms with Crippen molar-refractivity contribution in [2.45, 2.75) is 19.9 Å². The van der Waals surface area contributed by atoms with E-state index in [1.807, 2.05) is 30.3 Å². The highest BCUT2D eigenvalue weighted by Gasteiger charge is 2.13. The Balaban J connectivity index is 2.04. The van der Waals surface area contributed by atoms with E-state index in [1.165, 1.54) is 11.3 Å². The van der Waals surface area contributed by atoms with E-state index in [2.05, 4.69) is 41.8 Å². The number of nitrogens with zero attached hydrogens (tertiary/aromatic N) is 3. The Morgan fingerprint density at radius 3 is 2.23 bits per heavy atom. The zero-order chi connectivity index (χ0) is 14.9. The number of fused-ring (bicyclic) bond motifs is 2. The molecule has 3 nitrogen and oxygen atoms in total. The van der Waals surface area contributed by atoms with Crippen LogP contribution in [-0.2, 0) is 6.54 Å². The van der Waals surface area contributed by atoms with Crippen LogP contribution >= 0.6 is 0 Å². The summed E-state index contributed by atoms with van der Waals surface area (Å²) < 4.78 is 2.28. The maximum Gasteiger partial charge on any atom is 0.159 e. The van der Waals surface area contributed by atoms with Crippen molar-refractivity contribution < 1.29 is 0 Å². The molecule has 4 aromatic rings. The van der Waals surface area contributed by atoms with Gasteiger partial charge in [0.15, 0.2) is 5.65 Å². The van der Waals surface area contributed by atoms with Crippen LogP contribution in [0.2, 0.25) is 0 Å². The number of aryl methyl sites for hydroxylation is 1. The van der Waals surface area contributed by atoms with Gasteiger partial charge in [0.2, 0.25) is 0 Å². The summed E-state index contributed by atoms with van der Waals surface area (Å²) in [5.74, 6) is 0. The molecule has 2 heterocycles. The van der Waals surface area contributed by atoms with Gasteiger partial charge < -0.3 is 4.57 Å². The third kappa shape index (κ3) is 2.06. The van der Waals surface area contributed by atoms with Gasteiger partial charge in [-0.1, -0.05) is 49.4 Å². The second kappa shape index (κ2) is 5.26. The third-order valence-electron chi connectivity index (χ3n) is 3.91. The molecule has 2 aromatic carbocycles. The largest absolute Gasteiger partial charge is 0.324 e. The highest BCUT2D eigenvalue weighted by molar-refractivity contribution is 5.88. The van der Waals surface area contributed by atoms with Crippen molar-refractivity contribution in [2.75, 3.05) is 0 Å². The minimum atomic E-state index is 0.945. The van der Waals surface area contributed by atoms with E-state index in [0.717, 1.165) is 35.2 Å². The van der Waals surface area contributed by atoms with E-state index in [0.29, 0.717) is 0 Å². The fourth-order valence-corrected chi connectivity index (χ4v) is 2.92. The summed E-state index contributed by atoms with van der Waals surface area (Å²) in [7, 11) is 0. The van der Waals surface area contributed by atoms with Crippen LogP contribution in [0.4, 0.5) is 0 Å². The average molecular weight is 287 g/mol. The predicted octanol–water partition coefficient (Wildman–Crippen LogP) is 4.66. The Labute approximate surface area is 129 Å². The first-order valence-electron chi connectivity index (χ1n) is 7.68. The fourth-order valence-electron chi connectivity index (χ4n) is 2.92. The molecule has 0 aliphatic rings. The summed E-state index contributed by atoms with van der Waals surface area (Å²) in [4.78, 5) is 9.63. The number of aromatic nitrogens is 3. The van der Waals surface area contributed by atoms with Crippen LogP contribution < -0.4 is 0 Å². The van der Waals surface area contributed by atoms with E-state index < -0.39 is 0 Å². The fraction of sp³-hybridized carbons (Fsp3) is 0.158. The summed E-state index contributed by atoms with van der Waals surface area (Å²) in [5, 5.41) is 0. The second-order valence-electron chi connectivity index (χ2n) is 5.47. The first kappa shape index (κ1) is 13.0. The molecule has 0 aliphatic carbocycles. The number of para-hydroxylation sites is 2. The highest BCUT2D eigenvalue weighted by Crippen LogP contribution is 2.28. The van der Waals surface area contributed by atoms with Crippen molar-refractivity contribution in [3.63, 3.8) is 0 Å². The Hall–Kier alpha value is -2.68. The van der Waals surface area contributed by atoms with Gasteiger partial charge in [0.25, 0.3) is 0 Å². The van der Waals surface area contributed by atoms with Crippen molar-refractivity contribution in [2.24, 2.45) is 0 Å². The topological polar surface area (TPSA) is 30.7 Å². The predicted molar refractivity (Wildman–Crippen MR) is 90.8 cm³/mol. The molecule has 108 valence electrons. The molecular weight excluding hydrogens is 270 g/mol. The summed E-state index contributed by atoms with van der Waals surface area (Å²) in [5.41, 5.74) is 6.23. The van der Waals surface area contributed by atoms with Gasteiger partial charge >= 0.3 is 0 Å². The lowest BCUT2D eigenvalue weighted by molar-refractivity contribution is 0.704. The van der Waals surface area contributed by atoms with Gasteiger partial charge in [-0.2, -0.15) is 0 Å². The minimum absolute atomic E-state index is 0.945. The average Bonchev–Trinajstić information content (AvgIpc) is 2.92. The molecular formula is C19H17N3.